The Morgan fingerprint density at radius 1 is 0.775 bits per heavy atom. The zero-order valence-electron chi connectivity index (χ0n) is 22.4. The molecule has 1 heterocycles. The summed E-state index contributed by atoms with van der Waals surface area (Å²) in [6, 6.07) is 34.5. The monoisotopic (exact) mass is 530 g/mol. The van der Waals surface area contributed by atoms with E-state index in [9.17, 15) is 9.90 Å². The fourth-order valence-electron chi connectivity index (χ4n) is 5.84. The van der Waals surface area contributed by atoms with E-state index in [2.05, 4.69) is 6.08 Å². The van der Waals surface area contributed by atoms with Gasteiger partial charge in [-0.25, -0.2) is 0 Å². The van der Waals surface area contributed by atoms with Crippen LogP contribution >= 0.6 is 0 Å². The average Bonchev–Trinajstić information content (AvgIpc) is 3.32. The Bertz CT molecular complexity index is 1560. The molecule has 200 valence electrons. The molecule has 2 aliphatic rings. The van der Waals surface area contributed by atoms with Crippen molar-refractivity contribution in [3.63, 3.8) is 0 Å². The zero-order valence-corrected chi connectivity index (χ0v) is 22.4. The molecule has 6 heteroatoms. The lowest BCUT2D eigenvalue weighted by Gasteiger charge is -2.41. The first-order chi connectivity index (χ1) is 19.6. The smallest absolute Gasteiger partial charge is 0.266 e. The van der Waals surface area contributed by atoms with Crippen LogP contribution in [0.3, 0.4) is 0 Å². The third-order valence-corrected chi connectivity index (χ3v) is 7.87. The molecule has 4 aromatic rings. The molecule has 1 amide bonds. The number of rotatable bonds is 6. The van der Waals surface area contributed by atoms with Gasteiger partial charge in [-0.2, -0.15) is 10.1 Å². The molecular weight excluding hydrogens is 500 g/mol. The van der Waals surface area contributed by atoms with Crippen LogP contribution in [0.4, 0.5) is 5.69 Å². The van der Waals surface area contributed by atoms with E-state index in [0.29, 0.717) is 23.6 Å². The number of anilines is 1. The molecule has 0 saturated carbocycles. The molecule has 1 N–H and O–H groups in total. The number of aliphatic hydroxyl groups excluding tert-OH is 1. The highest BCUT2D eigenvalue weighted by molar-refractivity contribution is 6.32. The van der Waals surface area contributed by atoms with Crippen molar-refractivity contribution in [1.82, 2.24) is 0 Å². The van der Waals surface area contributed by atoms with Crippen LogP contribution in [-0.4, -0.2) is 37.0 Å². The van der Waals surface area contributed by atoms with E-state index in [1.54, 1.807) is 14.2 Å². The van der Waals surface area contributed by atoms with Gasteiger partial charge >= 0.3 is 0 Å². The maximum Gasteiger partial charge on any atom is 0.266 e. The van der Waals surface area contributed by atoms with Crippen LogP contribution in [0.25, 0.3) is 5.57 Å². The van der Waals surface area contributed by atoms with Crippen molar-refractivity contribution in [1.29, 1.82) is 0 Å². The van der Waals surface area contributed by atoms with E-state index in [1.165, 1.54) is 5.01 Å². The summed E-state index contributed by atoms with van der Waals surface area (Å²) in [5.74, 6) is 1.07. The molecule has 1 spiro atoms. The SMILES string of the molecule is COc1ccc(C2=C[C@H](c3ccc(OC)cc3)C[C@H](O)[C@]23C(=O)N(c2ccccc2)N=C3c2ccccc2)cc1. The second kappa shape index (κ2) is 10.5. The Morgan fingerprint density at radius 3 is 1.95 bits per heavy atom. The van der Waals surface area contributed by atoms with Crippen molar-refractivity contribution >= 4 is 22.9 Å². The minimum absolute atomic E-state index is 0.126. The standard InChI is InChI=1S/C34H30N2O4/c1-39-28-17-13-23(14-18-28)26-21-30(24-15-19-29(40-2)20-16-24)34(31(37)22-26)32(25-9-5-3-6-10-25)35-36(33(34)38)27-11-7-4-8-12-27/h3-21,26,31,37H,22H2,1-2H3/t26-,31-,34+/m0/s1. The van der Waals surface area contributed by atoms with Crippen molar-refractivity contribution < 1.29 is 19.4 Å². The number of carbonyl (C=O) groups is 1. The van der Waals surface area contributed by atoms with Crippen molar-refractivity contribution in [3.05, 3.63) is 132 Å². The maximum atomic E-state index is 14.7. The fraction of sp³-hybridized carbons (Fsp3) is 0.176. The predicted molar refractivity (Wildman–Crippen MR) is 157 cm³/mol. The molecule has 0 unspecified atom stereocenters. The Labute approximate surface area is 233 Å². The molecule has 0 saturated heterocycles. The van der Waals surface area contributed by atoms with E-state index in [0.717, 1.165) is 28.0 Å². The molecule has 1 aliphatic heterocycles. The van der Waals surface area contributed by atoms with E-state index < -0.39 is 11.5 Å². The van der Waals surface area contributed by atoms with Gasteiger partial charge in [-0.3, -0.25) is 4.79 Å². The van der Waals surface area contributed by atoms with Crippen molar-refractivity contribution in [2.75, 3.05) is 19.2 Å². The van der Waals surface area contributed by atoms with Crippen LogP contribution in [0, 0.1) is 5.41 Å². The van der Waals surface area contributed by atoms with E-state index in [1.807, 2.05) is 109 Å². The van der Waals surface area contributed by atoms with Gasteiger partial charge in [-0.05, 0) is 65.1 Å². The Hall–Kier alpha value is -4.68. The number of hydrazone groups is 1. The summed E-state index contributed by atoms with van der Waals surface area (Å²) in [4.78, 5) is 14.7. The Morgan fingerprint density at radius 2 is 1.35 bits per heavy atom. The Balaban J connectivity index is 1.58. The largest absolute Gasteiger partial charge is 0.497 e. The van der Waals surface area contributed by atoms with Crippen LogP contribution in [0.15, 0.2) is 120 Å². The van der Waals surface area contributed by atoms with Gasteiger partial charge in [-0.15, -0.1) is 0 Å². The molecule has 0 radical (unpaired) electrons. The maximum absolute atomic E-state index is 14.7. The van der Waals surface area contributed by atoms with Crippen LogP contribution in [0.2, 0.25) is 0 Å². The summed E-state index contributed by atoms with van der Waals surface area (Å²) in [6.07, 6.45) is 1.44. The minimum atomic E-state index is -1.41. The van der Waals surface area contributed by atoms with Gasteiger partial charge in [-0.1, -0.05) is 78.9 Å². The predicted octanol–water partition coefficient (Wildman–Crippen LogP) is 6.07. The van der Waals surface area contributed by atoms with E-state index in [-0.39, 0.29) is 11.8 Å². The fourth-order valence-corrected chi connectivity index (χ4v) is 5.84. The van der Waals surface area contributed by atoms with Crippen molar-refractivity contribution in [3.8, 4) is 11.5 Å². The van der Waals surface area contributed by atoms with Gasteiger partial charge in [0.2, 0.25) is 0 Å². The number of ether oxygens (including phenoxy) is 2. The molecule has 0 fully saturated rings. The highest BCUT2D eigenvalue weighted by Crippen LogP contribution is 2.54. The normalized spacial score (nSPS) is 22.2. The number of para-hydroxylation sites is 1. The van der Waals surface area contributed by atoms with Crippen LogP contribution in [-0.2, 0) is 4.79 Å². The van der Waals surface area contributed by atoms with Gasteiger partial charge in [0, 0.05) is 5.92 Å². The lowest BCUT2D eigenvalue weighted by Crippen LogP contribution is -2.52. The zero-order chi connectivity index (χ0) is 27.7. The number of nitrogens with zero attached hydrogens (tertiary/aromatic N) is 2. The van der Waals surface area contributed by atoms with Crippen LogP contribution in [0.5, 0.6) is 11.5 Å². The summed E-state index contributed by atoms with van der Waals surface area (Å²) < 4.78 is 10.8. The number of carbonyl (C=O) groups excluding carboxylic acids is 1. The minimum Gasteiger partial charge on any atom is -0.497 e. The second-order valence-electron chi connectivity index (χ2n) is 10.0. The highest BCUT2D eigenvalue weighted by Gasteiger charge is 2.61. The molecule has 4 aromatic carbocycles. The third-order valence-electron chi connectivity index (χ3n) is 7.87. The first-order valence-corrected chi connectivity index (χ1v) is 13.3. The molecule has 6 nitrogen and oxygen atoms in total. The van der Waals surface area contributed by atoms with Gasteiger partial charge in [0.05, 0.1) is 31.7 Å². The van der Waals surface area contributed by atoms with Crippen molar-refractivity contribution in [2.24, 2.45) is 10.5 Å². The number of methoxy groups -OCH3 is 2. The first kappa shape index (κ1) is 25.6. The molecule has 0 bridgehead atoms. The number of allylic oxidation sites excluding steroid dienone is 1. The van der Waals surface area contributed by atoms with Crippen LogP contribution < -0.4 is 14.5 Å². The molecule has 1 aliphatic carbocycles. The van der Waals surface area contributed by atoms with Gasteiger partial charge in [0.25, 0.3) is 5.91 Å². The Kier molecular flexibility index (Phi) is 6.70. The lowest BCUT2D eigenvalue weighted by molar-refractivity contribution is -0.125. The van der Waals surface area contributed by atoms with Crippen LogP contribution in [0.1, 0.15) is 29.0 Å². The topological polar surface area (TPSA) is 71.4 Å². The number of hydrogen-bond acceptors (Lipinski definition) is 5. The number of aliphatic hydroxyl groups is 1. The molecule has 6 rings (SSSR count). The third kappa shape index (κ3) is 4.17. The molecule has 0 aromatic heterocycles. The summed E-state index contributed by atoms with van der Waals surface area (Å²) in [7, 11) is 3.26. The first-order valence-electron chi connectivity index (χ1n) is 13.3. The molecule has 3 atom stereocenters. The summed E-state index contributed by atoms with van der Waals surface area (Å²) >= 11 is 0. The molecular formula is C34H30N2O4. The number of benzene rings is 4. The number of hydrogen-bond donors (Lipinski definition) is 1. The van der Waals surface area contributed by atoms with E-state index in [4.69, 9.17) is 14.6 Å². The summed E-state index contributed by atoms with van der Waals surface area (Å²) in [5.41, 5.74) is 3.14. The molecule has 40 heavy (non-hydrogen) atoms. The summed E-state index contributed by atoms with van der Waals surface area (Å²) in [6.45, 7) is 0. The van der Waals surface area contributed by atoms with Gasteiger partial charge in [0.1, 0.15) is 16.9 Å². The van der Waals surface area contributed by atoms with Gasteiger partial charge in [0.15, 0.2) is 0 Å². The van der Waals surface area contributed by atoms with E-state index >= 15 is 0 Å². The van der Waals surface area contributed by atoms with Gasteiger partial charge < -0.3 is 14.6 Å². The second-order valence-corrected chi connectivity index (χ2v) is 10.0. The highest BCUT2D eigenvalue weighted by atomic mass is 16.5. The lowest BCUT2D eigenvalue weighted by atomic mass is 9.61. The quantitative estimate of drug-likeness (QED) is 0.328. The number of amides is 1. The average molecular weight is 531 g/mol. The summed E-state index contributed by atoms with van der Waals surface area (Å²) in [5, 5.41) is 18.5. The van der Waals surface area contributed by atoms with Crippen molar-refractivity contribution in [2.45, 2.75) is 18.4 Å².